The Hall–Kier alpha value is -1.60. The smallest absolute Gasteiger partial charge is 0.315 e. The van der Waals surface area contributed by atoms with E-state index < -0.39 is 5.54 Å². The van der Waals surface area contributed by atoms with Crippen LogP contribution in [-0.4, -0.2) is 30.1 Å². The van der Waals surface area contributed by atoms with Gasteiger partial charge in [-0.3, -0.25) is 4.79 Å². The van der Waals surface area contributed by atoms with Crippen LogP contribution in [0.1, 0.15) is 38.2 Å². The lowest BCUT2D eigenvalue weighted by Crippen LogP contribution is -2.60. The first kappa shape index (κ1) is 18.7. The lowest BCUT2D eigenvalue weighted by atomic mass is 9.96. The highest BCUT2D eigenvalue weighted by molar-refractivity contribution is 9.10. The van der Waals surface area contributed by atoms with Gasteiger partial charge in [0.25, 0.3) is 0 Å². The normalized spacial score (nSPS) is 17.1. The molecule has 0 saturated heterocycles. The summed E-state index contributed by atoms with van der Waals surface area (Å²) in [6, 6.07) is 7.29. The van der Waals surface area contributed by atoms with Crippen molar-refractivity contribution in [3.8, 4) is 0 Å². The van der Waals surface area contributed by atoms with Gasteiger partial charge in [0.2, 0.25) is 5.91 Å². The number of benzene rings is 1. The van der Waals surface area contributed by atoms with E-state index in [2.05, 4.69) is 31.9 Å². The van der Waals surface area contributed by atoms with Gasteiger partial charge in [-0.25, -0.2) is 4.79 Å². The van der Waals surface area contributed by atoms with Crippen LogP contribution in [-0.2, 0) is 11.3 Å². The molecule has 1 aromatic carbocycles. The van der Waals surface area contributed by atoms with Crippen LogP contribution in [0.25, 0.3) is 0 Å². The summed E-state index contributed by atoms with van der Waals surface area (Å²) in [5.41, 5.74) is 5.73. The molecule has 2 rings (SSSR count). The highest BCUT2D eigenvalue weighted by Crippen LogP contribution is 2.30. The van der Waals surface area contributed by atoms with Gasteiger partial charge >= 0.3 is 6.03 Å². The minimum atomic E-state index is -0.829. The first-order chi connectivity index (χ1) is 11.4. The van der Waals surface area contributed by atoms with E-state index in [-0.39, 0.29) is 18.0 Å². The Morgan fingerprint density at radius 2 is 2.04 bits per heavy atom. The topological polar surface area (TPSA) is 96.2 Å². The molecule has 0 heterocycles. The fourth-order valence-electron chi connectivity index (χ4n) is 2.90. The summed E-state index contributed by atoms with van der Waals surface area (Å²) in [5, 5.41) is 8.60. The van der Waals surface area contributed by atoms with E-state index in [1.165, 1.54) is 0 Å². The van der Waals surface area contributed by atoms with Crippen molar-refractivity contribution >= 4 is 27.9 Å². The van der Waals surface area contributed by atoms with Crippen molar-refractivity contribution in [1.82, 2.24) is 16.0 Å². The van der Waals surface area contributed by atoms with Crippen molar-refractivity contribution in [3.05, 3.63) is 34.3 Å². The van der Waals surface area contributed by atoms with Crippen LogP contribution in [0, 0.1) is 0 Å². The number of halogens is 1. The van der Waals surface area contributed by atoms with E-state index in [0.717, 1.165) is 22.9 Å². The molecule has 5 N–H and O–H groups in total. The molecule has 1 fully saturated rings. The van der Waals surface area contributed by atoms with Crippen molar-refractivity contribution in [2.24, 2.45) is 5.73 Å². The Kier molecular flexibility index (Phi) is 6.62. The maximum absolute atomic E-state index is 12.6. The Bertz CT molecular complexity index is 588. The number of hydrogen-bond donors (Lipinski definition) is 4. The van der Waals surface area contributed by atoms with E-state index in [1.54, 1.807) is 0 Å². The molecule has 3 amide bonds. The number of urea groups is 1. The number of rotatable bonds is 6. The second-order valence-corrected chi connectivity index (χ2v) is 7.25. The van der Waals surface area contributed by atoms with Crippen LogP contribution >= 0.6 is 15.9 Å². The molecule has 0 radical (unpaired) electrons. The molecular weight excluding hydrogens is 372 g/mol. The number of amides is 3. The molecule has 6 nitrogen and oxygen atoms in total. The molecule has 0 bridgehead atoms. The molecule has 1 aliphatic rings. The molecule has 0 aromatic heterocycles. The molecule has 0 aliphatic heterocycles. The molecule has 1 aromatic rings. The molecule has 24 heavy (non-hydrogen) atoms. The molecule has 0 unspecified atom stereocenters. The van der Waals surface area contributed by atoms with Crippen LogP contribution in [0.15, 0.2) is 28.7 Å². The third kappa shape index (κ3) is 4.95. The zero-order chi connectivity index (χ0) is 17.6. The van der Waals surface area contributed by atoms with Crippen molar-refractivity contribution < 1.29 is 9.59 Å². The van der Waals surface area contributed by atoms with Crippen molar-refractivity contribution in [2.45, 2.75) is 50.7 Å². The monoisotopic (exact) mass is 396 g/mol. The predicted molar refractivity (Wildman–Crippen MR) is 97.4 cm³/mol. The van der Waals surface area contributed by atoms with Gasteiger partial charge in [-0.05, 0) is 37.5 Å². The van der Waals surface area contributed by atoms with Crippen LogP contribution < -0.4 is 21.7 Å². The number of carbonyl (C=O) groups excluding carboxylic acids is 2. The Morgan fingerprint density at radius 1 is 1.33 bits per heavy atom. The second-order valence-electron chi connectivity index (χ2n) is 6.34. The average molecular weight is 397 g/mol. The Balaban J connectivity index is 1.94. The lowest BCUT2D eigenvalue weighted by Gasteiger charge is -2.30. The second kappa shape index (κ2) is 8.48. The first-order valence-electron chi connectivity index (χ1n) is 8.27. The van der Waals surface area contributed by atoms with Gasteiger partial charge in [-0.15, -0.1) is 0 Å². The number of hydrogen-bond acceptors (Lipinski definition) is 3. The number of nitrogens with two attached hydrogens (primary N) is 1. The SMILES string of the molecule is C[C@@H](CN)NC(=O)C1(NC(=O)NCc2cccc(Br)c2)CCCC1. The molecule has 7 heteroatoms. The van der Waals surface area contributed by atoms with Crippen LogP contribution in [0.3, 0.4) is 0 Å². The van der Waals surface area contributed by atoms with Crippen LogP contribution in [0.5, 0.6) is 0 Å². The molecule has 0 spiro atoms. The van der Waals surface area contributed by atoms with Crippen molar-refractivity contribution in [2.75, 3.05) is 6.54 Å². The summed E-state index contributed by atoms with van der Waals surface area (Å²) in [5.74, 6) is -0.143. The zero-order valence-electron chi connectivity index (χ0n) is 13.9. The van der Waals surface area contributed by atoms with E-state index in [0.29, 0.717) is 25.9 Å². The highest BCUT2D eigenvalue weighted by atomic mass is 79.9. The van der Waals surface area contributed by atoms with Gasteiger partial charge in [0.05, 0.1) is 0 Å². The van der Waals surface area contributed by atoms with E-state index in [9.17, 15) is 9.59 Å². The van der Waals surface area contributed by atoms with E-state index in [4.69, 9.17) is 5.73 Å². The van der Waals surface area contributed by atoms with E-state index in [1.807, 2.05) is 31.2 Å². The van der Waals surface area contributed by atoms with Crippen LogP contribution in [0.2, 0.25) is 0 Å². The summed E-state index contributed by atoms with van der Waals surface area (Å²) in [6.45, 7) is 2.63. The fourth-order valence-corrected chi connectivity index (χ4v) is 3.35. The third-order valence-corrected chi connectivity index (χ3v) is 4.81. The average Bonchev–Trinajstić information content (AvgIpc) is 3.02. The minimum absolute atomic E-state index is 0.110. The van der Waals surface area contributed by atoms with Gasteiger partial charge in [-0.1, -0.05) is 40.9 Å². The van der Waals surface area contributed by atoms with Crippen molar-refractivity contribution in [1.29, 1.82) is 0 Å². The van der Waals surface area contributed by atoms with Gasteiger partial charge in [0.15, 0.2) is 0 Å². The van der Waals surface area contributed by atoms with Gasteiger partial charge < -0.3 is 21.7 Å². The van der Waals surface area contributed by atoms with E-state index >= 15 is 0 Å². The zero-order valence-corrected chi connectivity index (χ0v) is 15.5. The third-order valence-electron chi connectivity index (χ3n) is 4.32. The van der Waals surface area contributed by atoms with Gasteiger partial charge in [0.1, 0.15) is 5.54 Å². The standard InChI is InChI=1S/C17H25BrN4O2/c1-12(10-19)21-15(23)17(7-2-3-8-17)22-16(24)20-11-13-5-4-6-14(18)9-13/h4-6,9,12H,2-3,7-8,10-11,19H2,1H3,(H,21,23)(H2,20,22,24)/t12-/m0/s1. The summed E-state index contributed by atoms with van der Waals surface area (Å²) in [4.78, 5) is 24.9. The molecule has 132 valence electrons. The largest absolute Gasteiger partial charge is 0.350 e. The predicted octanol–water partition coefficient (Wildman–Crippen LogP) is 2.02. The quantitative estimate of drug-likeness (QED) is 0.592. The maximum Gasteiger partial charge on any atom is 0.315 e. The summed E-state index contributed by atoms with van der Waals surface area (Å²) >= 11 is 3.41. The molecule has 1 saturated carbocycles. The molecular formula is C17H25BrN4O2. The first-order valence-corrected chi connectivity index (χ1v) is 9.06. The molecule has 1 atom stereocenters. The van der Waals surface area contributed by atoms with Crippen LogP contribution in [0.4, 0.5) is 4.79 Å². The summed E-state index contributed by atoms with van der Waals surface area (Å²) in [7, 11) is 0. The Morgan fingerprint density at radius 3 is 2.67 bits per heavy atom. The van der Waals surface area contributed by atoms with Gasteiger partial charge in [0, 0.05) is 23.6 Å². The number of nitrogens with one attached hydrogen (secondary N) is 3. The maximum atomic E-state index is 12.6. The minimum Gasteiger partial charge on any atom is -0.350 e. The number of carbonyl (C=O) groups is 2. The molecule has 1 aliphatic carbocycles. The fraction of sp³-hybridized carbons (Fsp3) is 0.529. The highest BCUT2D eigenvalue weighted by Gasteiger charge is 2.42. The Labute approximate surface area is 151 Å². The van der Waals surface area contributed by atoms with Gasteiger partial charge in [-0.2, -0.15) is 0 Å². The van der Waals surface area contributed by atoms with Crippen molar-refractivity contribution in [3.63, 3.8) is 0 Å². The lowest BCUT2D eigenvalue weighted by molar-refractivity contribution is -0.127. The summed E-state index contributed by atoms with van der Waals surface area (Å²) < 4.78 is 0.963. The summed E-state index contributed by atoms with van der Waals surface area (Å²) in [6.07, 6.45) is 3.16.